The molecule has 0 bridgehead atoms. The third-order valence-electron chi connectivity index (χ3n) is 3.95. The Morgan fingerprint density at radius 3 is 2.68 bits per heavy atom. The second kappa shape index (κ2) is 4.59. The molecular weight excluding hydrogens is 288 g/mol. The van der Waals surface area contributed by atoms with Crippen LogP contribution in [0.4, 0.5) is 0 Å². The van der Waals surface area contributed by atoms with Crippen LogP contribution in [0.25, 0.3) is 0 Å². The summed E-state index contributed by atoms with van der Waals surface area (Å²) in [7, 11) is -2.96. The second-order valence-corrected chi connectivity index (χ2v) is 7.83. The Kier molecular flexibility index (Phi) is 3.17. The first kappa shape index (κ1) is 13.1. The molecule has 104 valence electrons. The minimum Gasteiger partial charge on any atom is -0.274 e. The van der Waals surface area contributed by atoms with Crippen LogP contribution in [0.15, 0.2) is 0 Å². The molecule has 1 aliphatic carbocycles. The van der Waals surface area contributed by atoms with Gasteiger partial charge in [-0.2, -0.15) is 5.10 Å². The molecule has 1 fully saturated rings. The van der Waals surface area contributed by atoms with E-state index in [-0.39, 0.29) is 17.5 Å². The smallest absolute Gasteiger partial charge is 0.273 e. The predicted molar refractivity (Wildman–Crippen MR) is 71.4 cm³/mol. The Morgan fingerprint density at radius 2 is 2.05 bits per heavy atom. The molecule has 7 heteroatoms. The lowest BCUT2D eigenvalue weighted by Gasteiger charge is -2.17. The summed E-state index contributed by atoms with van der Waals surface area (Å²) in [6, 6.07) is -0.137. The van der Waals surface area contributed by atoms with Gasteiger partial charge in [-0.1, -0.05) is 0 Å². The summed E-state index contributed by atoms with van der Waals surface area (Å²) in [4.78, 5) is 11.4. The molecule has 0 radical (unpaired) electrons. The van der Waals surface area contributed by atoms with Crippen LogP contribution in [0, 0.1) is 0 Å². The molecule has 1 saturated heterocycles. The van der Waals surface area contributed by atoms with Crippen LogP contribution >= 0.6 is 11.6 Å². The van der Waals surface area contributed by atoms with Crippen molar-refractivity contribution in [2.24, 2.45) is 0 Å². The van der Waals surface area contributed by atoms with Crippen LogP contribution < -0.4 is 0 Å². The molecule has 19 heavy (non-hydrogen) atoms. The lowest BCUT2D eigenvalue weighted by Crippen LogP contribution is -2.17. The van der Waals surface area contributed by atoms with Gasteiger partial charge in [0.05, 0.1) is 17.5 Å². The van der Waals surface area contributed by atoms with Gasteiger partial charge in [0.25, 0.3) is 5.24 Å². The van der Waals surface area contributed by atoms with Crippen LogP contribution in [0.3, 0.4) is 0 Å². The van der Waals surface area contributed by atoms with Crippen LogP contribution in [-0.2, 0) is 22.7 Å². The number of rotatable bonds is 2. The number of aromatic nitrogens is 2. The molecule has 0 saturated carbocycles. The zero-order chi connectivity index (χ0) is 13.6. The summed E-state index contributed by atoms with van der Waals surface area (Å²) in [6.45, 7) is 0. The number of halogens is 1. The van der Waals surface area contributed by atoms with Gasteiger partial charge >= 0.3 is 0 Å². The maximum Gasteiger partial charge on any atom is 0.273 e. The molecule has 1 aliphatic heterocycles. The SMILES string of the molecule is O=C(Cl)c1nn(C2CCS(=O)(=O)C2)c2c1CCCC2. The Hall–Kier alpha value is -0.880. The van der Waals surface area contributed by atoms with Gasteiger partial charge in [0.15, 0.2) is 9.84 Å². The number of hydrogen-bond donors (Lipinski definition) is 0. The Bertz CT molecular complexity index is 636. The van der Waals surface area contributed by atoms with Crippen molar-refractivity contribution >= 4 is 26.7 Å². The maximum atomic E-state index is 11.6. The molecule has 1 unspecified atom stereocenters. The zero-order valence-electron chi connectivity index (χ0n) is 10.4. The number of hydrogen-bond acceptors (Lipinski definition) is 4. The van der Waals surface area contributed by atoms with E-state index in [2.05, 4.69) is 5.10 Å². The fourth-order valence-corrected chi connectivity index (χ4v) is 4.90. The van der Waals surface area contributed by atoms with E-state index in [1.807, 2.05) is 0 Å². The monoisotopic (exact) mass is 302 g/mol. The lowest BCUT2D eigenvalue weighted by molar-refractivity contribution is 0.107. The lowest BCUT2D eigenvalue weighted by atomic mass is 9.95. The Labute approximate surface area is 116 Å². The first-order valence-corrected chi connectivity index (χ1v) is 8.68. The molecular formula is C12H15ClN2O3S. The van der Waals surface area contributed by atoms with E-state index < -0.39 is 15.1 Å². The van der Waals surface area contributed by atoms with Crippen molar-refractivity contribution in [3.05, 3.63) is 17.0 Å². The molecule has 0 aromatic carbocycles. The average molecular weight is 303 g/mol. The van der Waals surface area contributed by atoms with Crippen molar-refractivity contribution in [2.45, 2.75) is 38.1 Å². The van der Waals surface area contributed by atoms with Gasteiger partial charge in [0.2, 0.25) is 0 Å². The molecule has 1 atom stereocenters. The highest BCUT2D eigenvalue weighted by Gasteiger charge is 2.34. The largest absolute Gasteiger partial charge is 0.274 e. The highest BCUT2D eigenvalue weighted by Crippen LogP contribution is 2.31. The van der Waals surface area contributed by atoms with Gasteiger partial charge in [-0.05, 0) is 43.7 Å². The van der Waals surface area contributed by atoms with Crippen molar-refractivity contribution in [3.8, 4) is 0 Å². The van der Waals surface area contributed by atoms with Crippen LogP contribution in [0.5, 0.6) is 0 Å². The quantitative estimate of drug-likeness (QED) is 0.776. The van der Waals surface area contributed by atoms with E-state index in [0.29, 0.717) is 12.1 Å². The number of carbonyl (C=O) groups excluding carboxylic acids is 1. The highest BCUT2D eigenvalue weighted by molar-refractivity contribution is 7.91. The standard InChI is InChI=1S/C12H15ClN2O3S/c13-12(16)11-9-3-1-2-4-10(9)15(14-11)8-5-6-19(17,18)7-8/h8H,1-7H2. The summed E-state index contributed by atoms with van der Waals surface area (Å²) >= 11 is 5.58. The average Bonchev–Trinajstić information content (AvgIpc) is 2.89. The summed E-state index contributed by atoms with van der Waals surface area (Å²) in [5.74, 6) is 0.327. The fraction of sp³-hybridized carbons (Fsp3) is 0.667. The van der Waals surface area contributed by atoms with Gasteiger partial charge in [0, 0.05) is 11.3 Å². The number of nitrogens with zero attached hydrogens (tertiary/aromatic N) is 2. The van der Waals surface area contributed by atoms with E-state index in [9.17, 15) is 13.2 Å². The van der Waals surface area contributed by atoms with E-state index in [1.165, 1.54) is 0 Å². The molecule has 1 aromatic rings. The second-order valence-electron chi connectivity index (χ2n) is 5.26. The maximum absolute atomic E-state index is 11.6. The molecule has 5 nitrogen and oxygen atoms in total. The van der Waals surface area contributed by atoms with Crippen molar-refractivity contribution in [3.63, 3.8) is 0 Å². The molecule has 0 amide bonds. The molecule has 2 aliphatic rings. The van der Waals surface area contributed by atoms with Gasteiger partial charge < -0.3 is 0 Å². The molecule has 3 rings (SSSR count). The van der Waals surface area contributed by atoms with Gasteiger partial charge in [-0.25, -0.2) is 8.42 Å². The summed E-state index contributed by atoms with van der Waals surface area (Å²) in [6.07, 6.45) is 4.31. The first-order chi connectivity index (χ1) is 8.98. The highest BCUT2D eigenvalue weighted by atomic mass is 35.5. The van der Waals surface area contributed by atoms with E-state index in [4.69, 9.17) is 11.6 Å². The summed E-state index contributed by atoms with van der Waals surface area (Å²) in [5, 5.41) is 3.77. The molecule has 0 spiro atoms. The number of fused-ring (bicyclic) bond motifs is 1. The number of carbonyl (C=O) groups is 1. The predicted octanol–water partition coefficient (Wildman–Crippen LogP) is 1.50. The topological polar surface area (TPSA) is 69.0 Å². The van der Waals surface area contributed by atoms with Gasteiger partial charge in [-0.15, -0.1) is 0 Å². The first-order valence-electron chi connectivity index (χ1n) is 6.48. The van der Waals surface area contributed by atoms with Gasteiger partial charge in [-0.3, -0.25) is 9.48 Å². The third-order valence-corrected chi connectivity index (χ3v) is 5.88. The number of sulfone groups is 1. The van der Waals surface area contributed by atoms with E-state index in [0.717, 1.165) is 36.9 Å². The van der Waals surface area contributed by atoms with E-state index in [1.54, 1.807) is 4.68 Å². The van der Waals surface area contributed by atoms with Crippen molar-refractivity contribution in [2.75, 3.05) is 11.5 Å². The van der Waals surface area contributed by atoms with Crippen LogP contribution in [0.1, 0.15) is 47.1 Å². The van der Waals surface area contributed by atoms with Gasteiger partial charge in [0.1, 0.15) is 5.69 Å². The van der Waals surface area contributed by atoms with Crippen molar-refractivity contribution in [1.29, 1.82) is 0 Å². The Morgan fingerprint density at radius 1 is 1.32 bits per heavy atom. The Balaban J connectivity index is 2.05. The molecule has 2 heterocycles. The third kappa shape index (κ3) is 2.31. The van der Waals surface area contributed by atoms with Crippen LogP contribution in [0.2, 0.25) is 0 Å². The molecule has 1 aromatic heterocycles. The summed E-state index contributed by atoms with van der Waals surface area (Å²) < 4.78 is 24.9. The van der Waals surface area contributed by atoms with Crippen molar-refractivity contribution < 1.29 is 13.2 Å². The summed E-state index contributed by atoms with van der Waals surface area (Å²) in [5.41, 5.74) is 2.26. The minimum atomic E-state index is -2.96. The zero-order valence-corrected chi connectivity index (χ0v) is 12.0. The van der Waals surface area contributed by atoms with Crippen molar-refractivity contribution in [1.82, 2.24) is 9.78 Å². The van der Waals surface area contributed by atoms with E-state index >= 15 is 0 Å². The normalized spacial score (nSPS) is 25.2. The van der Waals surface area contributed by atoms with Crippen LogP contribution in [-0.4, -0.2) is 34.9 Å². The fourth-order valence-electron chi connectivity index (χ4n) is 3.05. The minimum absolute atomic E-state index is 0.122. The molecule has 0 N–H and O–H groups in total.